The number of nitrogens with zero attached hydrogens (tertiary/aromatic N) is 3. The summed E-state index contributed by atoms with van der Waals surface area (Å²) >= 11 is 5.83. The molecule has 1 aliphatic rings. The van der Waals surface area contributed by atoms with E-state index in [0.29, 0.717) is 0 Å². The highest BCUT2D eigenvalue weighted by Crippen LogP contribution is 2.29. The van der Waals surface area contributed by atoms with Gasteiger partial charge in [0.25, 0.3) is 5.91 Å². The van der Waals surface area contributed by atoms with Crippen LogP contribution >= 0.6 is 11.6 Å². The normalized spacial score (nSPS) is 14.6. The molecule has 11 nitrogen and oxygen atoms in total. The first kappa shape index (κ1) is 29.9. The summed E-state index contributed by atoms with van der Waals surface area (Å²) in [6, 6.07) is 3.42. The molecule has 1 saturated heterocycles. The molecule has 0 aliphatic carbocycles. The summed E-state index contributed by atoms with van der Waals surface area (Å²) in [4.78, 5) is 57.9. The zero-order valence-electron chi connectivity index (χ0n) is 22.3. The maximum atomic E-state index is 14.3. The summed E-state index contributed by atoms with van der Waals surface area (Å²) < 4.78 is 24.8. The Morgan fingerprint density at radius 2 is 1.77 bits per heavy atom. The monoisotopic (exact) mass is 566 g/mol. The van der Waals surface area contributed by atoms with Gasteiger partial charge in [-0.3, -0.25) is 14.4 Å². The number of esters is 1. The molecule has 0 bridgehead atoms. The summed E-state index contributed by atoms with van der Waals surface area (Å²) in [5.41, 5.74) is -1.33. The minimum atomic E-state index is -1.21. The third-order valence-corrected chi connectivity index (χ3v) is 6.09. The van der Waals surface area contributed by atoms with Crippen LogP contribution in [0.1, 0.15) is 44.6 Å². The SMILES string of the molecule is CCOC(=O)N1CCN(C(=O)C(CCNC(=O)c2cc(O)c3cc(Cl)cc(F)c3n2)C(=O)OC(C)(C)C)CC1. The van der Waals surface area contributed by atoms with Crippen LogP contribution in [0.3, 0.4) is 0 Å². The van der Waals surface area contributed by atoms with Crippen LogP contribution in [0.2, 0.25) is 5.02 Å². The number of halogens is 2. The Balaban J connectivity index is 1.69. The number of hydrogen-bond donors (Lipinski definition) is 2. The van der Waals surface area contributed by atoms with Crippen LogP contribution in [0.5, 0.6) is 5.75 Å². The zero-order chi connectivity index (χ0) is 28.9. The van der Waals surface area contributed by atoms with Gasteiger partial charge in [0.1, 0.15) is 28.5 Å². The fraction of sp³-hybridized carbons (Fsp3) is 0.500. The predicted molar refractivity (Wildman–Crippen MR) is 140 cm³/mol. The number of carbonyl (C=O) groups excluding carboxylic acids is 4. The second-order valence-corrected chi connectivity index (χ2v) is 10.4. The lowest BCUT2D eigenvalue weighted by Crippen LogP contribution is -2.53. The van der Waals surface area contributed by atoms with Gasteiger partial charge in [-0.2, -0.15) is 0 Å². The van der Waals surface area contributed by atoms with Crippen LogP contribution in [0.4, 0.5) is 9.18 Å². The van der Waals surface area contributed by atoms with E-state index in [0.717, 1.165) is 12.1 Å². The third-order valence-electron chi connectivity index (χ3n) is 5.87. The zero-order valence-corrected chi connectivity index (χ0v) is 23.0. The highest BCUT2D eigenvalue weighted by molar-refractivity contribution is 6.31. The van der Waals surface area contributed by atoms with Gasteiger partial charge >= 0.3 is 12.1 Å². The standard InChI is InChI=1S/C26H32ClFN4O7/c1-5-38-25(37)32-10-8-31(9-11-32)23(35)16(24(36)39-26(2,3)4)6-7-29-22(34)19-14-20(33)17-12-15(27)13-18(28)21(17)30-19/h12-14,16H,5-11H2,1-4H3,(H,29,34)(H,30,33). The number of hydrogen-bond acceptors (Lipinski definition) is 8. The van der Waals surface area contributed by atoms with E-state index in [9.17, 15) is 28.7 Å². The minimum Gasteiger partial charge on any atom is -0.507 e. The third kappa shape index (κ3) is 7.69. The highest BCUT2D eigenvalue weighted by Gasteiger charge is 2.36. The largest absolute Gasteiger partial charge is 0.507 e. The number of rotatable bonds is 7. The molecule has 1 aromatic carbocycles. The number of ether oxygens (including phenoxy) is 2. The van der Waals surface area contributed by atoms with E-state index in [1.807, 2.05) is 0 Å². The molecule has 39 heavy (non-hydrogen) atoms. The van der Waals surface area contributed by atoms with Crippen LogP contribution in [0.25, 0.3) is 10.9 Å². The van der Waals surface area contributed by atoms with Crippen LogP contribution in [0, 0.1) is 11.7 Å². The smallest absolute Gasteiger partial charge is 0.409 e. The van der Waals surface area contributed by atoms with Gasteiger partial charge < -0.3 is 29.7 Å². The molecule has 1 fully saturated rings. The summed E-state index contributed by atoms with van der Waals surface area (Å²) in [5.74, 6) is -4.36. The first-order valence-corrected chi connectivity index (χ1v) is 12.9. The van der Waals surface area contributed by atoms with Gasteiger partial charge in [-0.25, -0.2) is 14.2 Å². The number of aromatic nitrogens is 1. The van der Waals surface area contributed by atoms with Crippen molar-refractivity contribution in [3.63, 3.8) is 0 Å². The Bertz CT molecular complexity index is 1260. The molecule has 1 atom stereocenters. The van der Waals surface area contributed by atoms with Crippen molar-refractivity contribution >= 4 is 46.4 Å². The topological polar surface area (TPSA) is 138 Å². The van der Waals surface area contributed by atoms with Crippen molar-refractivity contribution in [3.8, 4) is 5.75 Å². The molecule has 3 amide bonds. The number of amides is 3. The highest BCUT2D eigenvalue weighted by atomic mass is 35.5. The van der Waals surface area contributed by atoms with E-state index in [2.05, 4.69) is 10.3 Å². The van der Waals surface area contributed by atoms with Crippen LogP contribution in [0.15, 0.2) is 18.2 Å². The second kappa shape index (κ2) is 12.5. The first-order valence-electron chi connectivity index (χ1n) is 12.5. The van der Waals surface area contributed by atoms with Gasteiger partial charge in [0.2, 0.25) is 5.91 Å². The Hall–Kier alpha value is -3.67. The van der Waals surface area contributed by atoms with E-state index in [1.54, 1.807) is 27.7 Å². The number of fused-ring (bicyclic) bond motifs is 1. The van der Waals surface area contributed by atoms with E-state index in [4.69, 9.17) is 21.1 Å². The van der Waals surface area contributed by atoms with E-state index in [-0.39, 0.29) is 73.1 Å². The molecule has 1 unspecified atom stereocenters. The van der Waals surface area contributed by atoms with Crippen LogP contribution in [-0.4, -0.2) is 88.7 Å². The van der Waals surface area contributed by atoms with Crippen molar-refractivity contribution in [2.75, 3.05) is 39.3 Å². The molecular formula is C26H32ClFN4O7. The van der Waals surface area contributed by atoms with Gasteiger partial charge in [-0.15, -0.1) is 0 Å². The Morgan fingerprint density at radius 3 is 2.38 bits per heavy atom. The average molecular weight is 567 g/mol. The molecule has 2 N–H and O–H groups in total. The molecule has 0 spiro atoms. The molecule has 1 aromatic heterocycles. The predicted octanol–water partition coefficient (Wildman–Crippen LogP) is 3.11. The van der Waals surface area contributed by atoms with E-state index < -0.39 is 41.2 Å². The molecule has 1 aliphatic heterocycles. The van der Waals surface area contributed by atoms with Crippen molar-refractivity contribution in [2.45, 2.75) is 39.7 Å². The summed E-state index contributed by atoms with van der Waals surface area (Å²) in [6.45, 7) is 7.78. The van der Waals surface area contributed by atoms with Gasteiger partial charge in [0, 0.05) is 49.2 Å². The van der Waals surface area contributed by atoms with Crippen molar-refractivity contribution < 1.29 is 38.1 Å². The molecule has 0 radical (unpaired) electrons. The second-order valence-electron chi connectivity index (χ2n) is 9.95. The summed E-state index contributed by atoms with van der Waals surface area (Å²) in [6.07, 6.45) is -0.548. The van der Waals surface area contributed by atoms with Crippen molar-refractivity contribution in [3.05, 3.63) is 34.7 Å². The number of piperazine rings is 1. The number of benzene rings is 1. The lowest BCUT2D eigenvalue weighted by Gasteiger charge is -2.35. The number of carbonyl (C=O) groups is 4. The lowest BCUT2D eigenvalue weighted by atomic mass is 10.0. The quantitative estimate of drug-likeness (QED) is 0.385. The van der Waals surface area contributed by atoms with Gasteiger partial charge in [-0.1, -0.05) is 11.6 Å². The van der Waals surface area contributed by atoms with Crippen LogP contribution in [-0.2, 0) is 19.1 Å². The van der Waals surface area contributed by atoms with Crippen molar-refractivity contribution in [2.24, 2.45) is 5.92 Å². The fourth-order valence-corrected chi connectivity index (χ4v) is 4.24. The fourth-order valence-electron chi connectivity index (χ4n) is 4.03. The lowest BCUT2D eigenvalue weighted by molar-refractivity contribution is -0.165. The molecule has 2 heterocycles. The molecule has 0 saturated carbocycles. The first-order chi connectivity index (χ1) is 18.3. The van der Waals surface area contributed by atoms with Gasteiger partial charge in [-0.05, 0) is 46.2 Å². The van der Waals surface area contributed by atoms with Gasteiger partial charge in [0.05, 0.1) is 6.61 Å². The number of nitrogens with one attached hydrogen (secondary N) is 1. The average Bonchev–Trinajstić information content (AvgIpc) is 2.85. The summed E-state index contributed by atoms with van der Waals surface area (Å²) in [5, 5.41) is 12.9. The molecule has 212 valence electrons. The molecule has 3 rings (SSSR count). The molecular weight excluding hydrogens is 535 g/mol. The number of aromatic hydroxyl groups is 1. The van der Waals surface area contributed by atoms with Crippen LogP contribution < -0.4 is 5.32 Å². The Kier molecular flexibility index (Phi) is 9.54. The minimum absolute atomic E-state index is 0.0511. The Labute approximate surface area is 230 Å². The van der Waals surface area contributed by atoms with E-state index >= 15 is 0 Å². The maximum absolute atomic E-state index is 14.3. The molecule has 2 aromatic rings. The van der Waals surface area contributed by atoms with E-state index in [1.165, 1.54) is 15.9 Å². The Morgan fingerprint density at radius 1 is 1.13 bits per heavy atom. The van der Waals surface area contributed by atoms with Crippen molar-refractivity contribution in [1.82, 2.24) is 20.1 Å². The number of pyridine rings is 1. The summed E-state index contributed by atoms with van der Waals surface area (Å²) in [7, 11) is 0. The molecule has 13 heteroatoms. The maximum Gasteiger partial charge on any atom is 0.409 e. The van der Waals surface area contributed by atoms with Gasteiger partial charge in [0.15, 0.2) is 5.82 Å². The van der Waals surface area contributed by atoms with Crippen molar-refractivity contribution in [1.29, 1.82) is 0 Å².